The first-order chi connectivity index (χ1) is 9.01. The number of benzene rings is 1. The quantitative estimate of drug-likeness (QED) is 0.819. The molecule has 0 aliphatic carbocycles. The molecular formula is C13H10O6. The molecule has 2 N–H and O–H groups in total. The van der Waals surface area contributed by atoms with E-state index in [1.165, 1.54) is 19.2 Å². The van der Waals surface area contributed by atoms with E-state index < -0.39 is 17.3 Å². The van der Waals surface area contributed by atoms with Crippen LogP contribution in [-0.2, 0) is 0 Å². The third-order valence-electron chi connectivity index (χ3n) is 2.68. The van der Waals surface area contributed by atoms with Crippen LogP contribution in [0.15, 0.2) is 27.9 Å². The van der Waals surface area contributed by atoms with E-state index in [0.717, 1.165) is 6.08 Å². The third kappa shape index (κ3) is 1.83. The summed E-state index contributed by atoms with van der Waals surface area (Å²) in [7, 11) is 1.35. The van der Waals surface area contributed by atoms with E-state index in [-0.39, 0.29) is 27.8 Å². The maximum atomic E-state index is 11.6. The molecule has 0 fully saturated rings. The number of methoxy groups -OCH3 is 1. The summed E-state index contributed by atoms with van der Waals surface area (Å²) in [5, 5.41) is 19.1. The van der Waals surface area contributed by atoms with Crippen molar-refractivity contribution in [2.45, 2.75) is 0 Å². The Balaban J connectivity index is 3.07. The van der Waals surface area contributed by atoms with Crippen LogP contribution in [0.4, 0.5) is 0 Å². The van der Waals surface area contributed by atoms with Crippen LogP contribution < -0.4 is 10.4 Å². The zero-order valence-electron chi connectivity index (χ0n) is 9.97. The molecule has 1 heterocycles. The summed E-state index contributed by atoms with van der Waals surface area (Å²) < 4.78 is 9.98. The van der Waals surface area contributed by atoms with Crippen molar-refractivity contribution in [3.63, 3.8) is 0 Å². The van der Waals surface area contributed by atoms with Crippen molar-refractivity contribution in [2.75, 3.05) is 7.11 Å². The molecular weight excluding hydrogens is 252 g/mol. The second-order valence-electron chi connectivity index (χ2n) is 3.68. The molecule has 0 saturated heterocycles. The topological polar surface area (TPSA) is 97.0 Å². The van der Waals surface area contributed by atoms with Crippen LogP contribution in [-0.4, -0.2) is 23.3 Å². The summed E-state index contributed by atoms with van der Waals surface area (Å²) >= 11 is 0. The molecule has 6 heteroatoms. The first-order valence-electron chi connectivity index (χ1n) is 5.23. The fraction of sp³-hybridized carbons (Fsp3) is 0.0769. The molecule has 1 aromatic carbocycles. The summed E-state index contributed by atoms with van der Waals surface area (Å²) in [5.74, 6) is -1.49. The molecule has 0 unspecified atom stereocenters. The van der Waals surface area contributed by atoms with E-state index in [1.54, 1.807) is 0 Å². The van der Waals surface area contributed by atoms with Gasteiger partial charge in [-0.2, -0.15) is 0 Å². The van der Waals surface area contributed by atoms with Crippen molar-refractivity contribution >= 4 is 23.0 Å². The van der Waals surface area contributed by atoms with Gasteiger partial charge in [0.05, 0.1) is 7.11 Å². The lowest BCUT2D eigenvalue weighted by atomic mass is 10.1. The van der Waals surface area contributed by atoms with Gasteiger partial charge in [-0.15, -0.1) is 0 Å². The van der Waals surface area contributed by atoms with Gasteiger partial charge in [0.25, 0.3) is 0 Å². The van der Waals surface area contributed by atoms with Gasteiger partial charge >= 0.3 is 11.6 Å². The van der Waals surface area contributed by atoms with Crippen molar-refractivity contribution < 1.29 is 24.2 Å². The number of ether oxygens (including phenoxy) is 1. The van der Waals surface area contributed by atoms with Crippen molar-refractivity contribution in [1.82, 2.24) is 0 Å². The number of fused-ring (bicyclic) bond motifs is 1. The van der Waals surface area contributed by atoms with Crippen molar-refractivity contribution in [3.05, 3.63) is 40.3 Å². The minimum atomic E-state index is -1.28. The van der Waals surface area contributed by atoms with Crippen LogP contribution in [0, 0.1) is 0 Å². The number of aromatic hydroxyl groups is 1. The second kappa shape index (κ2) is 4.49. The molecule has 6 nitrogen and oxygen atoms in total. The highest BCUT2D eigenvalue weighted by atomic mass is 16.5. The Kier molecular flexibility index (Phi) is 3.00. The Labute approximate surface area is 107 Å². The average Bonchev–Trinajstić information content (AvgIpc) is 2.37. The first-order valence-corrected chi connectivity index (χ1v) is 5.23. The molecule has 0 bridgehead atoms. The predicted octanol–water partition coefficient (Wildman–Crippen LogP) is 1.85. The van der Waals surface area contributed by atoms with Crippen LogP contribution in [0.5, 0.6) is 11.5 Å². The maximum Gasteiger partial charge on any atom is 0.347 e. The predicted molar refractivity (Wildman–Crippen MR) is 67.8 cm³/mol. The van der Waals surface area contributed by atoms with E-state index in [2.05, 4.69) is 6.58 Å². The van der Waals surface area contributed by atoms with Gasteiger partial charge in [-0.1, -0.05) is 12.7 Å². The SMILES string of the molecule is C=Cc1c(O)c2c(OC)ccc(C(=O)O)c2oc1=O. The summed E-state index contributed by atoms with van der Waals surface area (Å²) in [6.45, 7) is 3.40. The molecule has 0 amide bonds. The van der Waals surface area contributed by atoms with Crippen LogP contribution in [0.25, 0.3) is 17.0 Å². The number of rotatable bonds is 3. The van der Waals surface area contributed by atoms with Gasteiger partial charge in [0.1, 0.15) is 28.0 Å². The van der Waals surface area contributed by atoms with Gasteiger partial charge in [-0.3, -0.25) is 0 Å². The second-order valence-corrected chi connectivity index (χ2v) is 3.68. The largest absolute Gasteiger partial charge is 0.506 e. The van der Waals surface area contributed by atoms with Gasteiger partial charge in [0.15, 0.2) is 5.58 Å². The Morgan fingerprint density at radius 1 is 1.47 bits per heavy atom. The van der Waals surface area contributed by atoms with E-state index in [9.17, 15) is 14.7 Å². The lowest BCUT2D eigenvalue weighted by molar-refractivity contribution is 0.0697. The van der Waals surface area contributed by atoms with Crippen molar-refractivity contribution in [2.24, 2.45) is 0 Å². The standard InChI is InChI=1S/C13H10O6/c1-3-6-10(14)9-8(18-2)5-4-7(12(15)16)11(9)19-13(6)17/h3-5,14H,1H2,2H3,(H,15,16). The monoisotopic (exact) mass is 262 g/mol. The van der Waals surface area contributed by atoms with E-state index in [4.69, 9.17) is 14.3 Å². The highest BCUT2D eigenvalue weighted by molar-refractivity contribution is 6.05. The molecule has 19 heavy (non-hydrogen) atoms. The van der Waals surface area contributed by atoms with Gasteiger partial charge < -0.3 is 19.4 Å². The summed E-state index contributed by atoms with van der Waals surface area (Å²) in [4.78, 5) is 22.7. The molecule has 2 aromatic rings. The fourth-order valence-electron chi connectivity index (χ4n) is 1.79. The summed E-state index contributed by atoms with van der Waals surface area (Å²) in [6, 6.07) is 2.61. The van der Waals surface area contributed by atoms with Crippen LogP contribution in [0.3, 0.4) is 0 Å². The van der Waals surface area contributed by atoms with Crippen molar-refractivity contribution in [1.29, 1.82) is 0 Å². The fourth-order valence-corrected chi connectivity index (χ4v) is 1.79. The van der Waals surface area contributed by atoms with Crippen molar-refractivity contribution in [3.8, 4) is 11.5 Å². The van der Waals surface area contributed by atoms with Crippen LogP contribution in [0.2, 0.25) is 0 Å². The molecule has 0 aliphatic rings. The number of hydrogen-bond donors (Lipinski definition) is 2. The minimum absolute atomic E-state index is 0.0249. The van der Waals surface area contributed by atoms with E-state index >= 15 is 0 Å². The van der Waals surface area contributed by atoms with Crippen LogP contribution >= 0.6 is 0 Å². The summed E-state index contributed by atoms with van der Waals surface area (Å²) in [5.41, 5.74) is -1.48. The first kappa shape index (κ1) is 12.7. The summed E-state index contributed by atoms with van der Waals surface area (Å²) in [6.07, 6.45) is 1.13. The molecule has 0 aliphatic heterocycles. The van der Waals surface area contributed by atoms with E-state index in [1.807, 2.05) is 0 Å². The molecule has 1 aromatic heterocycles. The average molecular weight is 262 g/mol. The van der Waals surface area contributed by atoms with Gasteiger partial charge in [-0.05, 0) is 12.1 Å². The molecule has 0 radical (unpaired) electrons. The minimum Gasteiger partial charge on any atom is -0.506 e. The van der Waals surface area contributed by atoms with Crippen LogP contribution in [0.1, 0.15) is 15.9 Å². The Morgan fingerprint density at radius 2 is 2.16 bits per heavy atom. The number of hydrogen-bond acceptors (Lipinski definition) is 5. The Morgan fingerprint density at radius 3 is 2.68 bits per heavy atom. The molecule has 98 valence electrons. The lowest BCUT2D eigenvalue weighted by Gasteiger charge is -2.09. The zero-order valence-corrected chi connectivity index (χ0v) is 9.97. The number of carbonyl (C=O) groups is 1. The number of aromatic carboxylic acids is 1. The zero-order chi connectivity index (χ0) is 14.2. The Bertz CT molecular complexity index is 741. The van der Waals surface area contributed by atoms with E-state index in [0.29, 0.717) is 0 Å². The number of carboxylic acids is 1. The van der Waals surface area contributed by atoms with Gasteiger partial charge in [0, 0.05) is 0 Å². The van der Waals surface area contributed by atoms with Gasteiger partial charge in [-0.25, -0.2) is 9.59 Å². The highest BCUT2D eigenvalue weighted by Gasteiger charge is 2.21. The molecule has 0 atom stereocenters. The van der Waals surface area contributed by atoms with Gasteiger partial charge in [0.2, 0.25) is 0 Å². The number of carboxylic acid groups (broad SMARTS) is 1. The normalized spacial score (nSPS) is 10.4. The Hall–Kier alpha value is -2.76. The smallest absolute Gasteiger partial charge is 0.347 e. The third-order valence-corrected chi connectivity index (χ3v) is 2.68. The lowest BCUT2D eigenvalue weighted by Crippen LogP contribution is -2.07. The molecule has 0 spiro atoms. The highest BCUT2D eigenvalue weighted by Crippen LogP contribution is 2.36. The maximum absolute atomic E-state index is 11.6. The molecule has 2 rings (SSSR count). The molecule has 0 saturated carbocycles.